The summed E-state index contributed by atoms with van der Waals surface area (Å²) < 4.78 is 0. The molecule has 0 bridgehead atoms. The van der Waals surface area contributed by atoms with Crippen molar-refractivity contribution in [2.45, 2.75) is 38.3 Å². The summed E-state index contributed by atoms with van der Waals surface area (Å²) in [6, 6.07) is 15.0. The van der Waals surface area contributed by atoms with Gasteiger partial charge in [0.15, 0.2) is 0 Å². The first-order valence-corrected chi connectivity index (χ1v) is 7.59. The molecule has 2 aromatic carbocycles. The van der Waals surface area contributed by atoms with Crippen LogP contribution in [-0.4, -0.2) is 23.5 Å². The van der Waals surface area contributed by atoms with Gasteiger partial charge in [-0.3, -0.25) is 4.90 Å². The van der Waals surface area contributed by atoms with Crippen LogP contribution in [0, 0.1) is 0 Å². The minimum absolute atomic E-state index is 0.000620. The predicted octanol–water partition coefficient (Wildman–Crippen LogP) is 3.71. The van der Waals surface area contributed by atoms with Crippen molar-refractivity contribution >= 4 is 10.8 Å². The Bertz CT molecular complexity index is 592. The lowest BCUT2D eigenvalue weighted by molar-refractivity contribution is 0.124. The van der Waals surface area contributed by atoms with E-state index in [2.05, 4.69) is 61.2 Å². The molecule has 0 saturated carbocycles. The highest BCUT2D eigenvalue weighted by molar-refractivity contribution is 5.86. The number of likely N-dealkylation sites (tertiary alicyclic amines) is 1. The van der Waals surface area contributed by atoms with Gasteiger partial charge in [0.2, 0.25) is 0 Å². The fraction of sp³-hybridized carbons (Fsp3) is 0.444. The summed E-state index contributed by atoms with van der Waals surface area (Å²) >= 11 is 0. The van der Waals surface area contributed by atoms with Crippen LogP contribution >= 0.6 is 0 Å². The lowest BCUT2D eigenvalue weighted by Crippen LogP contribution is -2.49. The molecule has 0 aromatic heterocycles. The van der Waals surface area contributed by atoms with E-state index in [1.54, 1.807) is 0 Å². The minimum atomic E-state index is 0.000620. The Morgan fingerprint density at radius 2 is 1.65 bits per heavy atom. The lowest BCUT2D eigenvalue weighted by Gasteiger charge is -2.41. The molecule has 2 N–H and O–H groups in total. The van der Waals surface area contributed by atoms with Crippen molar-refractivity contribution in [3.8, 4) is 0 Å². The molecule has 3 rings (SSSR count). The van der Waals surface area contributed by atoms with Gasteiger partial charge < -0.3 is 5.73 Å². The highest BCUT2D eigenvalue weighted by atomic mass is 15.2. The van der Waals surface area contributed by atoms with E-state index in [4.69, 9.17) is 5.73 Å². The molecule has 1 saturated heterocycles. The number of hydrogen-bond donors (Lipinski definition) is 1. The molecule has 1 unspecified atom stereocenters. The zero-order chi connectivity index (χ0) is 14.2. The smallest absolute Gasteiger partial charge is 0.0482 e. The highest BCUT2D eigenvalue weighted by Crippen LogP contribution is 2.34. The number of rotatable bonds is 3. The Morgan fingerprint density at radius 3 is 2.40 bits per heavy atom. The summed E-state index contributed by atoms with van der Waals surface area (Å²) in [7, 11) is 0. The van der Waals surface area contributed by atoms with Crippen LogP contribution in [0.2, 0.25) is 0 Å². The van der Waals surface area contributed by atoms with Crippen LogP contribution < -0.4 is 5.73 Å². The van der Waals surface area contributed by atoms with Crippen LogP contribution in [0.5, 0.6) is 0 Å². The molecular weight excluding hydrogens is 244 g/mol. The van der Waals surface area contributed by atoms with Crippen LogP contribution in [0.1, 0.15) is 38.3 Å². The summed E-state index contributed by atoms with van der Waals surface area (Å²) in [5.74, 6) is 0. The Labute approximate surface area is 121 Å². The summed E-state index contributed by atoms with van der Waals surface area (Å²) in [4.78, 5) is 2.54. The van der Waals surface area contributed by atoms with Crippen LogP contribution in [-0.2, 0) is 0 Å². The zero-order valence-corrected chi connectivity index (χ0v) is 12.5. The normalized spacial score (nSPS) is 18.6. The van der Waals surface area contributed by atoms with Gasteiger partial charge in [0.1, 0.15) is 0 Å². The summed E-state index contributed by atoms with van der Waals surface area (Å²) in [6.07, 6.45) is 2.59. The van der Waals surface area contributed by atoms with Gasteiger partial charge in [0.05, 0.1) is 0 Å². The third-order valence-corrected chi connectivity index (χ3v) is 4.84. The van der Waals surface area contributed by atoms with Gasteiger partial charge in [0, 0.05) is 11.6 Å². The Hall–Kier alpha value is -1.38. The molecule has 1 aliphatic heterocycles. The zero-order valence-electron chi connectivity index (χ0n) is 12.5. The van der Waals surface area contributed by atoms with Gasteiger partial charge in [0.25, 0.3) is 0 Å². The third-order valence-electron chi connectivity index (χ3n) is 4.84. The topological polar surface area (TPSA) is 29.3 Å². The third kappa shape index (κ3) is 2.23. The van der Waals surface area contributed by atoms with Crippen molar-refractivity contribution in [3.63, 3.8) is 0 Å². The Morgan fingerprint density at radius 1 is 1.00 bits per heavy atom. The molecule has 2 aromatic rings. The largest absolute Gasteiger partial charge is 0.322 e. The summed E-state index contributed by atoms with van der Waals surface area (Å²) in [5, 5.41) is 2.56. The first-order chi connectivity index (χ1) is 9.60. The lowest BCUT2D eigenvalue weighted by atomic mass is 9.85. The molecule has 0 spiro atoms. The van der Waals surface area contributed by atoms with Crippen molar-refractivity contribution in [1.82, 2.24) is 4.90 Å². The van der Waals surface area contributed by atoms with E-state index >= 15 is 0 Å². The number of nitrogens with two attached hydrogens (primary N) is 1. The Kier molecular flexibility index (Phi) is 3.53. The Balaban J connectivity index is 2.01. The van der Waals surface area contributed by atoms with E-state index < -0.39 is 0 Å². The molecule has 106 valence electrons. The molecule has 0 amide bonds. The SMILES string of the molecule is CC(C)(C(N)c1cccc2ccccc12)N1CCCC1. The van der Waals surface area contributed by atoms with Crippen LogP contribution in [0.25, 0.3) is 10.8 Å². The standard InChI is InChI=1S/C18H24N2/c1-18(2,20-12-5-6-13-20)17(19)16-11-7-9-14-8-3-4-10-15(14)16/h3-4,7-11,17H,5-6,12-13,19H2,1-2H3. The minimum Gasteiger partial charge on any atom is -0.322 e. The van der Waals surface area contributed by atoms with Gasteiger partial charge in [-0.25, -0.2) is 0 Å². The van der Waals surface area contributed by atoms with Crippen molar-refractivity contribution in [3.05, 3.63) is 48.0 Å². The van der Waals surface area contributed by atoms with Crippen molar-refractivity contribution in [2.75, 3.05) is 13.1 Å². The number of benzene rings is 2. The molecule has 20 heavy (non-hydrogen) atoms. The maximum Gasteiger partial charge on any atom is 0.0482 e. The number of hydrogen-bond acceptors (Lipinski definition) is 2. The van der Waals surface area contributed by atoms with Gasteiger partial charge in [-0.2, -0.15) is 0 Å². The molecular formula is C18H24N2. The average Bonchev–Trinajstić information content (AvgIpc) is 3.01. The number of fused-ring (bicyclic) bond motifs is 1. The fourth-order valence-electron chi connectivity index (χ4n) is 3.39. The van der Waals surface area contributed by atoms with Crippen LogP contribution in [0.15, 0.2) is 42.5 Å². The molecule has 1 atom stereocenters. The monoisotopic (exact) mass is 268 g/mol. The summed E-state index contributed by atoms with van der Waals surface area (Å²) in [6.45, 7) is 6.91. The van der Waals surface area contributed by atoms with Gasteiger partial charge in [-0.1, -0.05) is 42.5 Å². The first kappa shape index (κ1) is 13.6. The quantitative estimate of drug-likeness (QED) is 0.919. The van der Waals surface area contributed by atoms with E-state index in [0.29, 0.717) is 0 Å². The molecule has 2 heteroatoms. The molecule has 1 aliphatic rings. The van der Waals surface area contributed by atoms with E-state index in [1.165, 1.54) is 42.3 Å². The van der Waals surface area contributed by atoms with Crippen molar-refractivity contribution in [1.29, 1.82) is 0 Å². The molecule has 2 nitrogen and oxygen atoms in total. The molecule has 0 radical (unpaired) electrons. The molecule has 1 heterocycles. The predicted molar refractivity (Wildman–Crippen MR) is 85.8 cm³/mol. The van der Waals surface area contributed by atoms with E-state index in [9.17, 15) is 0 Å². The van der Waals surface area contributed by atoms with Crippen molar-refractivity contribution < 1.29 is 0 Å². The maximum absolute atomic E-state index is 6.68. The van der Waals surface area contributed by atoms with Crippen molar-refractivity contribution in [2.24, 2.45) is 5.73 Å². The molecule has 1 fully saturated rings. The fourth-order valence-corrected chi connectivity index (χ4v) is 3.39. The van der Waals surface area contributed by atoms with E-state index in [0.717, 1.165) is 0 Å². The van der Waals surface area contributed by atoms with Gasteiger partial charge in [-0.15, -0.1) is 0 Å². The van der Waals surface area contributed by atoms with Gasteiger partial charge in [-0.05, 0) is 56.1 Å². The van der Waals surface area contributed by atoms with Crippen LogP contribution in [0.3, 0.4) is 0 Å². The second kappa shape index (κ2) is 5.19. The molecule has 0 aliphatic carbocycles. The van der Waals surface area contributed by atoms with E-state index in [-0.39, 0.29) is 11.6 Å². The summed E-state index contributed by atoms with van der Waals surface area (Å²) in [5.41, 5.74) is 7.94. The first-order valence-electron chi connectivity index (χ1n) is 7.59. The average molecular weight is 268 g/mol. The van der Waals surface area contributed by atoms with E-state index in [1.807, 2.05) is 0 Å². The second-order valence-electron chi connectivity index (χ2n) is 6.39. The van der Waals surface area contributed by atoms with Gasteiger partial charge >= 0.3 is 0 Å². The van der Waals surface area contributed by atoms with Crippen LogP contribution in [0.4, 0.5) is 0 Å². The number of nitrogens with zero attached hydrogens (tertiary/aromatic N) is 1. The maximum atomic E-state index is 6.68. The second-order valence-corrected chi connectivity index (χ2v) is 6.39. The highest BCUT2D eigenvalue weighted by Gasteiger charge is 2.35.